The van der Waals surface area contributed by atoms with E-state index in [1.807, 2.05) is 6.92 Å². The molecule has 0 saturated heterocycles. The maximum Gasteiger partial charge on any atom is 0.390 e. The van der Waals surface area contributed by atoms with E-state index in [4.69, 9.17) is 0 Å². The van der Waals surface area contributed by atoms with E-state index in [2.05, 4.69) is 5.32 Å². The standard InChI is InChI=1S/C11H21F3N2/c1-3-15-10(9-4-5-9)8-16(2)7-6-11(12,13)14/h9-10,15H,3-8H2,1-2H3. The van der Waals surface area contributed by atoms with Crippen molar-refractivity contribution in [1.82, 2.24) is 10.2 Å². The van der Waals surface area contributed by atoms with E-state index < -0.39 is 12.6 Å². The number of nitrogens with one attached hydrogen (secondary N) is 1. The molecule has 0 spiro atoms. The minimum Gasteiger partial charge on any atom is -0.313 e. The summed E-state index contributed by atoms with van der Waals surface area (Å²) >= 11 is 0. The molecular formula is C11H21F3N2. The van der Waals surface area contributed by atoms with Crippen LogP contribution in [0.1, 0.15) is 26.2 Å². The van der Waals surface area contributed by atoms with Crippen molar-refractivity contribution in [2.75, 3.05) is 26.7 Å². The van der Waals surface area contributed by atoms with E-state index in [1.54, 1.807) is 11.9 Å². The van der Waals surface area contributed by atoms with Gasteiger partial charge in [0, 0.05) is 19.1 Å². The van der Waals surface area contributed by atoms with Crippen molar-refractivity contribution < 1.29 is 13.2 Å². The normalized spacial score (nSPS) is 19.1. The summed E-state index contributed by atoms with van der Waals surface area (Å²) in [6, 6.07) is 0.364. The van der Waals surface area contributed by atoms with Gasteiger partial charge in [-0.1, -0.05) is 6.92 Å². The highest BCUT2D eigenvalue weighted by Crippen LogP contribution is 2.33. The molecule has 0 aliphatic heterocycles. The number of alkyl halides is 3. The monoisotopic (exact) mass is 238 g/mol. The molecule has 1 saturated carbocycles. The highest BCUT2D eigenvalue weighted by Gasteiger charge is 2.32. The molecule has 16 heavy (non-hydrogen) atoms. The lowest BCUT2D eigenvalue weighted by Gasteiger charge is -2.25. The molecule has 1 fully saturated rings. The average molecular weight is 238 g/mol. The summed E-state index contributed by atoms with van der Waals surface area (Å²) in [5, 5.41) is 3.35. The molecule has 5 heteroatoms. The molecule has 96 valence electrons. The zero-order valence-electron chi connectivity index (χ0n) is 9.98. The number of hydrogen-bond acceptors (Lipinski definition) is 2. The summed E-state index contributed by atoms with van der Waals surface area (Å²) < 4.78 is 36.1. The molecule has 0 radical (unpaired) electrons. The first-order valence-corrected chi connectivity index (χ1v) is 5.91. The van der Waals surface area contributed by atoms with Crippen LogP contribution in [0.15, 0.2) is 0 Å². The fourth-order valence-corrected chi connectivity index (χ4v) is 1.89. The first kappa shape index (κ1) is 13.8. The summed E-state index contributed by atoms with van der Waals surface area (Å²) in [6.07, 6.45) is -2.33. The molecule has 0 amide bonds. The minimum absolute atomic E-state index is 0.0954. The molecule has 1 rings (SSSR count). The second-order valence-electron chi connectivity index (χ2n) is 4.63. The number of likely N-dealkylation sites (N-methyl/N-ethyl adjacent to an activating group) is 2. The Morgan fingerprint density at radius 3 is 2.44 bits per heavy atom. The van der Waals surface area contributed by atoms with Gasteiger partial charge in [-0.15, -0.1) is 0 Å². The van der Waals surface area contributed by atoms with Crippen molar-refractivity contribution in [2.45, 2.75) is 38.4 Å². The highest BCUT2D eigenvalue weighted by atomic mass is 19.4. The Hall–Kier alpha value is -0.290. The Balaban J connectivity index is 2.22. The fourth-order valence-electron chi connectivity index (χ4n) is 1.89. The maximum atomic E-state index is 12.0. The van der Waals surface area contributed by atoms with Crippen LogP contribution in [0.25, 0.3) is 0 Å². The Morgan fingerprint density at radius 2 is 2.00 bits per heavy atom. The number of halogens is 3. The molecule has 2 nitrogen and oxygen atoms in total. The maximum absolute atomic E-state index is 12.0. The Kier molecular flexibility index (Phi) is 5.05. The van der Waals surface area contributed by atoms with E-state index >= 15 is 0 Å². The Morgan fingerprint density at radius 1 is 1.38 bits per heavy atom. The molecule has 1 unspecified atom stereocenters. The molecule has 0 heterocycles. The third kappa shape index (κ3) is 5.70. The third-order valence-corrected chi connectivity index (χ3v) is 2.94. The predicted octanol–water partition coefficient (Wildman–Crippen LogP) is 2.26. The molecule has 1 N–H and O–H groups in total. The second kappa shape index (κ2) is 5.87. The van der Waals surface area contributed by atoms with Gasteiger partial charge in [-0.2, -0.15) is 13.2 Å². The molecule has 0 aromatic carbocycles. The minimum atomic E-state index is -4.04. The molecule has 1 atom stereocenters. The van der Waals surface area contributed by atoms with Crippen molar-refractivity contribution in [3.05, 3.63) is 0 Å². The molecular weight excluding hydrogens is 217 g/mol. The van der Waals surface area contributed by atoms with Crippen LogP contribution < -0.4 is 5.32 Å². The van der Waals surface area contributed by atoms with Gasteiger partial charge in [0.05, 0.1) is 6.42 Å². The van der Waals surface area contributed by atoms with Gasteiger partial charge in [-0.3, -0.25) is 0 Å². The summed E-state index contributed by atoms with van der Waals surface area (Å²) in [5.41, 5.74) is 0. The van der Waals surface area contributed by atoms with Crippen molar-refractivity contribution >= 4 is 0 Å². The lowest BCUT2D eigenvalue weighted by Crippen LogP contribution is -2.41. The summed E-state index contributed by atoms with van der Waals surface area (Å²) in [5.74, 6) is 0.674. The van der Waals surface area contributed by atoms with Crippen LogP contribution in [0.5, 0.6) is 0 Å². The fraction of sp³-hybridized carbons (Fsp3) is 1.00. The Bertz CT molecular complexity index is 202. The first-order chi connectivity index (χ1) is 7.42. The van der Waals surface area contributed by atoms with Gasteiger partial charge < -0.3 is 10.2 Å². The van der Waals surface area contributed by atoms with Crippen LogP contribution in [0.4, 0.5) is 13.2 Å². The summed E-state index contributed by atoms with van der Waals surface area (Å²) in [4.78, 5) is 1.78. The van der Waals surface area contributed by atoms with Crippen LogP contribution in [-0.2, 0) is 0 Å². The lowest BCUT2D eigenvalue weighted by molar-refractivity contribution is -0.137. The average Bonchev–Trinajstić information content (AvgIpc) is 2.96. The number of rotatable bonds is 7. The number of hydrogen-bond donors (Lipinski definition) is 1. The second-order valence-corrected chi connectivity index (χ2v) is 4.63. The van der Waals surface area contributed by atoms with Crippen LogP contribution >= 0.6 is 0 Å². The number of nitrogens with zero attached hydrogens (tertiary/aromatic N) is 1. The van der Waals surface area contributed by atoms with E-state index in [0.29, 0.717) is 18.5 Å². The first-order valence-electron chi connectivity index (χ1n) is 5.91. The largest absolute Gasteiger partial charge is 0.390 e. The van der Waals surface area contributed by atoms with Gasteiger partial charge in [-0.25, -0.2) is 0 Å². The predicted molar refractivity (Wildman–Crippen MR) is 58.4 cm³/mol. The van der Waals surface area contributed by atoms with Crippen LogP contribution in [0.3, 0.4) is 0 Å². The smallest absolute Gasteiger partial charge is 0.313 e. The zero-order valence-corrected chi connectivity index (χ0v) is 9.98. The van der Waals surface area contributed by atoms with Crippen LogP contribution in [0, 0.1) is 5.92 Å². The summed E-state index contributed by atoms with van der Waals surface area (Å²) in [6.45, 7) is 3.73. The van der Waals surface area contributed by atoms with Gasteiger partial charge >= 0.3 is 6.18 Å². The van der Waals surface area contributed by atoms with Crippen molar-refractivity contribution in [3.63, 3.8) is 0 Å². The van der Waals surface area contributed by atoms with Crippen molar-refractivity contribution in [3.8, 4) is 0 Å². The molecule has 1 aliphatic rings. The highest BCUT2D eigenvalue weighted by molar-refractivity contribution is 4.87. The quantitative estimate of drug-likeness (QED) is 0.732. The van der Waals surface area contributed by atoms with E-state index in [1.165, 1.54) is 12.8 Å². The summed E-state index contributed by atoms with van der Waals surface area (Å²) in [7, 11) is 1.76. The van der Waals surface area contributed by atoms with E-state index in [0.717, 1.165) is 6.54 Å². The van der Waals surface area contributed by atoms with Gasteiger partial charge in [0.15, 0.2) is 0 Å². The van der Waals surface area contributed by atoms with Crippen LogP contribution in [-0.4, -0.2) is 43.8 Å². The van der Waals surface area contributed by atoms with Gasteiger partial charge in [0.2, 0.25) is 0 Å². The van der Waals surface area contributed by atoms with E-state index in [9.17, 15) is 13.2 Å². The molecule has 1 aliphatic carbocycles. The zero-order chi connectivity index (χ0) is 12.2. The molecule has 0 aromatic heterocycles. The van der Waals surface area contributed by atoms with Crippen LogP contribution in [0.2, 0.25) is 0 Å². The van der Waals surface area contributed by atoms with Gasteiger partial charge in [-0.05, 0) is 32.4 Å². The third-order valence-electron chi connectivity index (χ3n) is 2.94. The van der Waals surface area contributed by atoms with E-state index in [-0.39, 0.29) is 6.54 Å². The topological polar surface area (TPSA) is 15.3 Å². The van der Waals surface area contributed by atoms with Crippen molar-refractivity contribution in [1.29, 1.82) is 0 Å². The Labute approximate surface area is 95.2 Å². The van der Waals surface area contributed by atoms with Crippen molar-refractivity contribution in [2.24, 2.45) is 5.92 Å². The lowest BCUT2D eigenvalue weighted by atomic mass is 10.1. The van der Waals surface area contributed by atoms with Gasteiger partial charge in [0.25, 0.3) is 0 Å². The molecule has 0 bridgehead atoms. The SMILES string of the molecule is CCNC(CN(C)CCC(F)(F)F)C1CC1. The van der Waals surface area contributed by atoms with Gasteiger partial charge in [0.1, 0.15) is 0 Å². The molecule has 0 aromatic rings.